The predicted molar refractivity (Wildman–Crippen MR) is 75.8 cm³/mol. The molecule has 0 spiro atoms. The molecule has 0 radical (unpaired) electrons. The summed E-state index contributed by atoms with van der Waals surface area (Å²) in [5.41, 5.74) is 0.661. The molecule has 2 atom stereocenters. The maximum Gasteiger partial charge on any atom is 0.418 e. The van der Waals surface area contributed by atoms with Crippen LogP contribution in [0.4, 0.5) is 4.79 Å². The van der Waals surface area contributed by atoms with Crippen molar-refractivity contribution in [1.29, 1.82) is 0 Å². The minimum Gasteiger partial charge on any atom is -0.506 e. The molecule has 0 saturated heterocycles. The summed E-state index contributed by atoms with van der Waals surface area (Å²) in [5, 5.41) is 10.5. The van der Waals surface area contributed by atoms with Crippen LogP contribution in [0.15, 0.2) is 30.5 Å². The van der Waals surface area contributed by atoms with Crippen LogP contribution in [0.2, 0.25) is 0 Å². The van der Waals surface area contributed by atoms with Crippen molar-refractivity contribution < 1.29 is 14.6 Å². The van der Waals surface area contributed by atoms with Crippen molar-refractivity contribution in [3.8, 4) is 5.75 Å². The van der Waals surface area contributed by atoms with Gasteiger partial charge in [-0.05, 0) is 31.4 Å². The number of carbonyl (C=O) groups is 1. The summed E-state index contributed by atoms with van der Waals surface area (Å²) in [6, 6.07) is 7.21. The summed E-state index contributed by atoms with van der Waals surface area (Å²) in [5.74, 6) is 0.0920. The Morgan fingerprint density at radius 2 is 2.16 bits per heavy atom. The van der Waals surface area contributed by atoms with Gasteiger partial charge in [0, 0.05) is 5.39 Å². The molecule has 1 saturated carbocycles. The minimum atomic E-state index is -0.437. The molecule has 3 rings (SSSR count). The summed E-state index contributed by atoms with van der Waals surface area (Å²) in [6.45, 7) is 0. The van der Waals surface area contributed by atoms with E-state index >= 15 is 0 Å². The van der Waals surface area contributed by atoms with Gasteiger partial charge in [-0.3, -0.25) is 0 Å². The molecule has 100 valence electrons. The molecule has 1 aliphatic carbocycles. The van der Waals surface area contributed by atoms with E-state index in [9.17, 15) is 9.90 Å². The van der Waals surface area contributed by atoms with Gasteiger partial charge in [0.1, 0.15) is 11.9 Å². The molecule has 0 aliphatic heterocycles. The van der Waals surface area contributed by atoms with Gasteiger partial charge >= 0.3 is 6.09 Å². The van der Waals surface area contributed by atoms with Crippen LogP contribution < -0.4 is 0 Å². The van der Waals surface area contributed by atoms with Crippen molar-refractivity contribution in [2.24, 2.45) is 0 Å². The Morgan fingerprint density at radius 1 is 1.37 bits per heavy atom. The Morgan fingerprint density at radius 3 is 2.89 bits per heavy atom. The number of hydrogen-bond donors (Lipinski definition) is 1. The number of aromatic nitrogens is 1. The largest absolute Gasteiger partial charge is 0.506 e. The van der Waals surface area contributed by atoms with Gasteiger partial charge < -0.3 is 9.84 Å². The summed E-state index contributed by atoms with van der Waals surface area (Å²) in [4.78, 5) is 12.4. The van der Waals surface area contributed by atoms with Gasteiger partial charge in [0.25, 0.3) is 0 Å². The van der Waals surface area contributed by atoms with Crippen molar-refractivity contribution in [2.75, 3.05) is 0 Å². The van der Waals surface area contributed by atoms with Gasteiger partial charge in [-0.1, -0.05) is 28.1 Å². The topological polar surface area (TPSA) is 51.5 Å². The Bertz CT molecular complexity index is 622. The number of carbonyl (C=O) groups excluding carboxylic acids is 1. The van der Waals surface area contributed by atoms with E-state index in [0.29, 0.717) is 10.9 Å². The second kappa shape index (κ2) is 4.89. The van der Waals surface area contributed by atoms with Gasteiger partial charge in [0.05, 0.1) is 16.5 Å². The van der Waals surface area contributed by atoms with Gasteiger partial charge in [0.15, 0.2) is 0 Å². The van der Waals surface area contributed by atoms with E-state index in [1.54, 1.807) is 12.1 Å². The maximum absolute atomic E-state index is 12.2. The first-order valence-corrected chi connectivity index (χ1v) is 7.22. The van der Waals surface area contributed by atoms with E-state index in [0.717, 1.165) is 19.3 Å². The lowest BCUT2D eigenvalue weighted by molar-refractivity contribution is 0.106. The van der Waals surface area contributed by atoms with E-state index in [1.165, 1.54) is 10.8 Å². The Hall–Kier alpha value is -1.49. The fraction of sp³-hybridized carbons (Fsp3) is 0.357. The fourth-order valence-electron chi connectivity index (χ4n) is 2.51. The minimum absolute atomic E-state index is 0.0872. The third kappa shape index (κ3) is 2.23. The Balaban J connectivity index is 1.89. The number of hydrogen-bond acceptors (Lipinski definition) is 3. The molecule has 19 heavy (non-hydrogen) atoms. The van der Waals surface area contributed by atoms with E-state index < -0.39 is 6.09 Å². The summed E-state index contributed by atoms with van der Waals surface area (Å²) >= 11 is 3.52. The number of halogens is 1. The zero-order valence-electron chi connectivity index (χ0n) is 10.3. The maximum atomic E-state index is 12.2. The van der Waals surface area contributed by atoms with Gasteiger partial charge in [0.2, 0.25) is 0 Å². The molecule has 2 aromatic rings. The number of fused-ring (bicyclic) bond motifs is 1. The van der Waals surface area contributed by atoms with Gasteiger partial charge in [-0.2, -0.15) is 0 Å². The molecule has 1 heterocycles. The first-order valence-electron chi connectivity index (χ1n) is 6.31. The fourth-order valence-corrected chi connectivity index (χ4v) is 3.21. The third-order valence-electron chi connectivity index (χ3n) is 3.51. The number of aromatic hydroxyl groups is 1. The van der Waals surface area contributed by atoms with Crippen LogP contribution in [0.5, 0.6) is 5.75 Å². The SMILES string of the molecule is O=C(OC1CCCC1Br)n1cc(O)c2ccccc21. The van der Waals surface area contributed by atoms with E-state index in [2.05, 4.69) is 15.9 Å². The third-order valence-corrected chi connectivity index (χ3v) is 4.56. The van der Waals surface area contributed by atoms with Gasteiger partial charge in [-0.25, -0.2) is 9.36 Å². The molecule has 1 aliphatic rings. The molecule has 0 bridgehead atoms. The molecule has 5 heteroatoms. The molecular formula is C14H14BrNO3. The molecular weight excluding hydrogens is 310 g/mol. The average molecular weight is 324 g/mol. The zero-order chi connectivity index (χ0) is 13.4. The number of benzene rings is 1. The molecule has 4 nitrogen and oxygen atoms in total. The lowest BCUT2D eigenvalue weighted by Gasteiger charge is -2.15. The van der Waals surface area contributed by atoms with E-state index in [-0.39, 0.29) is 16.7 Å². The number of ether oxygens (including phenoxy) is 1. The molecule has 1 aromatic carbocycles. The molecule has 1 aromatic heterocycles. The smallest absolute Gasteiger partial charge is 0.418 e. The van der Waals surface area contributed by atoms with Crippen molar-refractivity contribution in [3.63, 3.8) is 0 Å². The lowest BCUT2D eigenvalue weighted by Crippen LogP contribution is -2.24. The zero-order valence-corrected chi connectivity index (χ0v) is 11.8. The number of nitrogens with zero attached hydrogens (tertiary/aromatic N) is 1. The van der Waals surface area contributed by atoms with Crippen LogP contribution in [0.1, 0.15) is 19.3 Å². The monoisotopic (exact) mass is 323 g/mol. The first kappa shape index (κ1) is 12.5. The van der Waals surface area contributed by atoms with Crippen molar-refractivity contribution in [2.45, 2.75) is 30.2 Å². The lowest BCUT2D eigenvalue weighted by atomic mass is 10.2. The summed E-state index contributed by atoms with van der Waals surface area (Å²) in [7, 11) is 0. The highest BCUT2D eigenvalue weighted by Crippen LogP contribution is 2.30. The Labute approximate surface area is 119 Å². The van der Waals surface area contributed by atoms with Crippen LogP contribution in [0, 0.1) is 0 Å². The highest BCUT2D eigenvalue weighted by Gasteiger charge is 2.29. The van der Waals surface area contributed by atoms with Crippen LogP contribution in [0.3, 0.4) is 0 Å². The molecule has 2 unspecified atom stereocenters. The second-order valence-electron chi connectivity index (χ2n) is 4.77. The quantitative estimate of drug-likeness (QED) is 0.815. The van der Waals surface area contributed by atoms with Crippen LogP contribution in [-0.2, 0) is 4.74 Å². The predicted octanol–water partition coefficient (Wildman–Crippen LogP) is 3.65. The highest BCUT2D eigenvalue weighted by atomic mass is 79.9. The van der Waals surface area contributed by atoms with Gasteiger partial charge in [-0.15, -0.1) is 0 Å². The van der Waals surface area contributed by atoms with Crippen LogP contribution >= 0.6 is 15.9 Å². The average Bonchev–Trinajstić information content (AvgIpc) is 2.95. The number of rotatable bonds is 1. The molecule has 0 amide bonds. The summed E-state index contributed by atoms with van der Waals surface area (Å²) < 4.78 is 6.86. The highest BCUT2D eigenvalue weighted by molar-refractivity contribution is 9.09. The first-order chi connectivity index (χ1) is 9.16. The molecule has 1 fully saturated rings. The van der Waals surface area contributed by atoms with Crippen molar-refractivity contribution >= 4 is 32.9 Å². The van der Waals surface area contributed by atoms with Crippen molar-refractivity contribution in [3.05, 3.63) is 30.5 Å². The number of alkyl halides is 1. The van der Waals surface area contributed by atoms with E-state index in [1.807, 2.05) is 12.1 Å². The second-order valence-corrected chi connectivity index (χ2v) is 5.95. The Kier molecular flexibility index (Phi) is 3.22. The summed E-state index contributed by atoms with van der Waals surface area (Å²) in [6.07, 6.45) is 3.85. The molecule has 1 N–H and O–H groups in total. The van der Waals surface area contributed by atoms with Crippen molar-refractivity contribution in [1.82, 2.24) is 4.57 Å². The number of para-hydroxylation sites is 1. The van der Waals surface area contributed by atoms with E-state index in [4.69, 9.17) is 4.74 Å². The standard InChI is InChI=1S/C14H14BrNO3/c15-10-5-3-7-13(10)19-14(18)16-8-12(17)9-4-1-2-6-11(9)16/h1-2,4,6,8,10,13,17H,3,5,7H2. The van der Waals surface area contributed by atoms with Crippen LogP contribution in [0.25, 0.3) is 10.9 Å². The normalized spacial score (nSPS) is 22.8. The van der Waals surface area contributed by atoms with Crippen LogP contribution in [-0.4, -0.2) is 26.7 Å².